The molecular weight excluding hydrogens is 248 g/mol. The van der Waals surface area contributed by atoms with Crippen molar-refractivity contribution >= 4 is 23.0 Å². The molecule has 0 aliphatic rings. The van der Waals surface area contributed by atoms with E-state index < -0.39 is 5.97 Å². The minimum Gasteiger partial charge on any atom is -0.478 e. The van der Waals surface area contributed by atoms with Gasteiger partial charge in [0, 0.05) is 11.1 Å². The van der Waals surface area contributed by atoms with E-state index in [0.29, 0.717) is 17.8 Å². The van der Waals surface area contributed by atoms with E-state index >= 15 is 0 Å². The Morgan fingerprint density at radius 2 is 2.22 bits per heavy atom. The van der Waals surface area contributed by atoms with E-state index in [1.165, 1.54) is 0 Å². The van der Waals surface area contributed by atoms with Crippen molar-refractivity contribution in [1.82, 2.24) is 4.98 Å². The van der Waals surface area contributed by atoms with Crippen molar-refractivity contribution in [3.8, 4) is 0 Å². The molecule has 0 unspecified atom stereocenters. The lowest BCUT2D eigenvalue weighted by Crippen LogP contribution is -2.07. The maximum Gasteiger partial charge on any atom is 0.337 e. The molecule has 0 amide bonds. The predicted octanol–water partition coefficient (Wildman–Crippen LogP) is 3.07. The van der Waals surface area contributed by atoms with Gasteiger partial charge in [-0.3, -0.25) is 0 Å². The summed E-state index contributed by atoms with van der Waals surface area (Å²) in [6, 6.07) is 5.24. The fourth-order valence-corrected chi connectivity index (χ4v) is 2.44. The van der Waals surface area contributed by atoms with E-state index in [9.17, 15) is 4.79 Å². The zero-order chi connectivity index (χ0) is 13.1. The summed E-state index contributed by atoms with van der Waals surface area (Å²) in [5.74, 6) is -0.920. The first-order valence-corrected chi connectivity index (χ1v) is 6.43. The lowest BCUT2D eigenvalue weighted by molar-refractivity contribution is 0.0698. The van der Waals surface area contributed by atoms with Gasteiger partial charge < -0.3 is 10.4 Å². The second-order valence-corrected chi connectivity index (χ2v) is 4.98. The quantitative estimate of drug-likeness (QED) is 0.889. The molecule has 94 valence electrons. The highest BCUT2D eigenvalue weighted by Crippen LogP contribution is 2.22. The van der Waals surface area contributed by atoms with Crippen LogP contribution < -0.4 is 5.32 Å². The monoisotopic (exact) mass is 262 g/mol. The second-order valence-electron chi connectivity index (χ2n) is 4.04. The molecule has 2 aromatic rings. The van der Waals surface area contributed by atoms with Crippen LogP contribution in [0.4, 0.5) is 5.69 Å². The van der Waals surface area contributed by atoms with E-state index in [-0.39, 0.29) is 0 Å². The van der Waals surface area contributed by atoms with Gasteiger partial charge in [0.1, 0.15) is 5.01 Å². The highest BCUT2D eigenvalue weighted by Gasteiger charge is 2.11. The molecule has 2 rings (SSSR count). The number of nitrogens with zero attached hydrogens (tertiary/aromatic N) is 1. The van der Waals surface area contributed by atoms with Gasteiger partial charge in [0.25, 0.3) is 0 Å². The zero-order valence-corrected chi connectivity index (χ0v) is 11.0. The van der Waals surface area contributed by atoms with Crippen LogP contribution in [0, 0.1) is 13.8 Å². The summed E-state index contributed by atoms with van der Waals surface area (Å²) >= 11 is 1.57. The van der Waals surface area contributed by atoms with Crippen LogP contribution in [0.5, 0.6) is 0 Å². The summed E-state index contributed by atoms with van der Waals surface area (Å²) in [5.41, 5.74) is 2.87. The minimum absolute atomic E-state index is 0.295. The van der Waals surface area contributed by atoms with Gasteiger partial charge in [-0.25, -0.2) is 9.78 Å². The largest absolute Gasteiger partial charge is 0.478 e. The first-order valence-electron chi connectivity index (χ1n) is 5.55. The third-order valence-electron chi connectivity index (χ3n) is 2.59. The molecule has 1 aromatic heterocycles. The number of carbonyl (C=O) groups is 1. The molecule has 5 heteroatoms. The Morgan fingerprint density at radius 1 is 1.44 bits per heavy atom. The van der Waals surface area contributed by atoms with E-state index in [1.807, 2.05) is 25.3 Å². The van der Waals surface area contributed by atoms with Gasteiger partial charge in [-0.2, -0.15) is 0 Å². The second kappa shape index (κ2) is 5.18. The van der Waals surface area contributed by atoms with Crippen LogP contribution in [-0.4, -0.2) is 16.1 Å². The number of nitrogens with one attached hydrogen (secondary N) is 1. The summed E-state index contributed by atoms with van der Waals surface area (Å²) in [5, 5.41) is 15.2. The molecule has 0 saturated heterocycles. The summed E-state index contributed by atoms with van der Waals surface area (Å²) in [4.78, 5) is 15.5. The van der Waals surface area contributed by atoms with E-state index in [0.717, 1.165) is 16.3 Å². The van der Waals surface area contributed by atoms with Gasteiger partial charge in [-0.15, -0.1) is 11.3 Å². The van der Waals surface area contributed by atoms with Crippen molar-refractivity contribution in [3.63, 3.8) is 0 Å². The number of hydrogen-bond donors (Lipinski definition) is 2. The lowest BCUT2D eigenvalue weighted by atomic mass is 10.1. The lowest BCUT2D eigenvalue weighted by Gasteiger charge is -2.11. The molecule has 1 heterocycles. The Labute approximate surface area is 109 Å². The molecule has 0 saturated carbocycles. The van der Waals surface area contributed by atoms with E-state index in [1.54, 1.807) is 23.5 Å². The molecule has 1 aromatic carbocycles. The number of hydrogen-bond acceptors (Lipinski definition) is 4. The summed E-state index contributed by atoms with van der Waals surface area (Å²) in [6.45, 7) is 4.38. The van der Waals surface area contributed by atoms with Crippen molar-refractivity contribution in [2.45, 2.75) is 20.4 Å². The Morgan fingerprint density at radius 3 is 2.83 bits per heavy atom. The van der Waals surface area contributed by atoms with Crippen molar-refractivity contribution in [2.75, 3.05) is 5.32 Å². The molecule has 0 radical (unpaired) electrons. The molecular formula is C13H14N2O2S. The van der Waals surface area contributed by atoms with Gasteiger partial charge in [-0.05, 0) is 25.5 Å². The molecule has 18 heavy (non-hydrogen) atoms. The Balaban J connectivity index is 2.20. The van der Waals surface area contributed by atoms with Crippen molar-refractivity contribution in [3.05, 3.63) is 45.4 Å². The van der Waals surface area contributed by atoms with Crippen molar-refractivity contribution in [1.29, 1.82) is 0 Å². The number of thiazole rings is 1. The van der Waals surface area contributed by atoms with Crippen LogP contribution >= 0.6 is 11.3 Å². The molecule has 0 bridgehead atoms. The Bertz CT molecular complexity index is 578. The maximum absolute atomic E-state index is 11.1. The maximum atomic E-state index is 11.1. The zero-order valence-electron chi connectivity index (χ0n) is 10.2. The van der Waals surface area contributed by atoms with E-state index in [4.69, 9.17) is 5.11 Å². The Hall–Kier alpha value is -1.88. The fraction of sp³-hybridized carbons (Fsp3) is 0.231. The normalized spacial score (nSPS) is 10.3. The first-order chi connectivity index (χ1) is 8.58. The number of aromatic carboxylic acids is 1. The third-order valence-corrected chi connectivity index (χ3v) is 3.55. The Kier molecular flexibility index (Phi) is 3.62. The van der Waals surface area contributed by atoms with Gasteiger partial charge in [0.2, 0.25) is 0 Å². The SMILES string of the molecule is Cc1csc(CNc2c(C)cccc2C(=O)O)n1. The fourth-order valence-electron chi connectivity index (χ4n) is 1.73. The minimum atomic E-state index is -0.920. The smallest absolute Gasteiger partial charge is 0.337 e. The number of para-hydroxylation sites is 1. The number of carboxylic acids is 1. The van der Waals surface area contributed by atoms with Gasteiger partial charge in [0.05, 0.1) is 17.8 Å². The van der Waals surface area contributed by atoms with Crippen molar-refractivity contribution < 1.29 is 9.90 Å². The van der Waals surface area contributed by atoms with Crippen LogP contribution in [0.1, 0.15) is 26.6 Å². The molecule has 0 atom stereocenters. The topological polar surface area (TPSA) is 62.2 Å². The number of carboxylic acid groups (broad SMARTS) is 1. The van der Waals surface area contributed by atoms with Crippen LogP contribution in [0.15, 0.2) is 23.6 Å². The average molecular weight is 262 g/mol. The van der Waals surface area contributed by atoms with E-state index in [2.05, 4.69) is 10.3 Å². The van der Waals surface area contributed by atoms with Gasteiger partial charge >= 0.3 is 5.97 Å². The highest BCUT2D eigenvalue weighted by atomic mass is 32.1. The third kappa shape index (κ3) is 2.68. The number of aryl methyl sites for hydroxylation is 2. The van der Waals surface area contributed by atoms with Gasteiger partial charge in [-0.1, -0.05) is 12.1 Å². The predicted molar refractivity (Wildman–Crippen MR) is 72.3 cm³/mol. The molecule has 0 spiro atoms. The van der Waals surface area contributed by atoms with Crippen LogP contribution in [0.25, 0.3) is 0 Å². The number of benzene rings is 1. The van der Waals surface area contributed by atoms with Gasteiger partial charge in [0.15, 0.2) is 0 Å². The number of aromatic nitrogens is 1. The summed E-state index contributed by atoms with van der Waals surface area (Å²) in [7, 11) is 0. The molecule has 0 aliphatic carbocycles. The highest BCUT2D eigenvalue weighted by molar-refractivity contribution is 7.09. The number of anilines is 1. The van der Waals surface area contributed by atoms with Crippen LogP contribution in [-0.2, 0) is 6.54 Å². The van der Waals surface area contributed by atoms with Crippen LogP contribution in [0.3, 0.4) is 0 Å². The standard InChI is InChI=1S/C13H14N2O2S/c1-8-4-3-5-10(13(16)17)12(8)14-6-11-15-9(2)7-18-11/h3-5,7,14H,6H2,1-2H3,(H,16,17). The molecule has 2 N–H and O–H groups in total. The number of rotatable bonds is 4. The molecule has 0 aliphatic heterocycles. The summed E-state index contributed by atoms with van der Waals surface area (Å²) in [6.07, 6.45) is 0. The molecule has 0 fully saturated rings. The average Bonchev–Trinajstić information content (AvgIpc) is 2.73. The van der Waals surface area contributed by atoms with Crippen LogP contribution in [0.2, 0.25) is 0 Å². The van der Waals surface area contributed by atoms with Crippen molar-refractivity contribution in [2.24, 2.45) is 0 Å². The molecule has 4 nitrogen and oxygen atoms in total. The summed E-state index contributed by atoms with van der Waals surface area (Å²) < 4.78 is 0. The first kappa shape index (κ1) is 12.6.